The second-order valence-corrected chi connectivity index (χ2v) is 10.9. The summed E-state index contributed by atoms with van der Waals surface area (Å²) in [5, 5.41) is 14.2. The molecule has 2 aromatic heterocycles. The molecule has 0 unspecified atom stereocenters. The van der Waals surface area contributed by atoms with E-state index in [0.717, 1.165) is 33.8 Å². The van der Waals surface area contributed by atoms with E-state index < -0.39 is 0 Å². The zero-order valence-corrected chi connectivity index (χ0v) is 20.3. The van der Waals surface area contributed by atoms with Gasteiger partial charge in [-0.1, -0.05) is 56.1 Å². The van der Waals surface area contributed by atoms with Crippen LogP contribution in [-0.4, -0.2) is 25.6 Å². The van der Waals surface area contributed by atoms with Crippen LogP contribution in [0.15, 0.2) is 40.4 Å². The topological polar surface area (TPSA) is 79.4 Å². The highest BCUT2D eigenvalue weighted by Crippen LogP contribution is 2.37. The predicted octanol–water partition coefficient (Wildman–Crippen LogP) is 6.28. The average molecular weight is 461 g/mol. The number of rotatable bonds is 7. The number of nitrogens with one attached hydrogen (secondary N) is 1. The Morgan fingerprint density at radius 2 is 1.85 bits per heavy atom. The second kappa shape index (κ2) is 9.72. The predicted molar refractivity (Wildman–Crippen MR) is 132 cm³/mol. The fourth-order valence-electron chi connectivity index (χ4n) is 5.05. The molecular formula is C26H32N6S. The average Bonchev–Trinajstić information content (AvgIpc) is 3.11. The zero-order valence-electron chi connectivity index (χ0n) is 19.5. The van der Waals surface area contributed by atoms with Gasteiger partial charge < -0.3 is 9.88 Å². The Hall–Kier alpha value is -2.59. The number of imidazole rings is 1. The Kier molecular flexibility index (Phi) is 6.55. The van der Waals surface area contributed by atoms with E-state index in [1.807, 2.05) is 6.07 Å². The molecule has 0 spiro atoms. The number of fused-ring (bicyclic) bond motifs is 1. The number of hydrogen-bond donors (Lipinski definition) is 1. The van der Waals surface area contributed by atoms with E-state index >= 15 is 0 Å². The molecule has 5 rings (SSSR count). The number of aromatic nitrogens is 4. The molecule has 1 atom stereocenters. The number of nitrogens with zero attached hydrogens (tertiary/aromatic N) is 5. The molecule has 2 saturated carbocycles. The highest BCUT2D eigenvalue weighted by molar-refractivity contribution is 7.99. The third-order valence-electron chi connectivity index (χ3n) is 7.42. The first kappa shape index (κ1) is 22.2. The van der Waals surface area contributed by atoms with Gasteiger partial charge in [0.1, 0.15) is 11.6 Å². The number of benzene rings is 1. The fourth-order valence-corrected chi connectivity index (χ4v) is 5.96. The van der Waals surface area contributed by atoms with Crippen LogP contribution in [0.3, 0.4) is 0 Å². The van der Waals surface area contributed by atoms with Crippen molar-refractivity contribution < 1.29 is 0 Å². The van der Waals surface area contributed by atoms with E-state index in [9.17, 15) is 5.26 Å². The summed E-state index contributed by atoms with van der Waals surface area (Å²) in [7, 11) is 0. The summed E-state index contributed by atoms with van der Waals surface area (Å²) in [5.74, 6) is 3.04. The molecule has 0 amide bonds. The van der Waals surface area contributed by atoms with Crippen molar-refractivity contribution in [3.63, 3.8) is 0 Å². The van der Waals surface area contributed by atoms with Crippen molar-refractivity contribution in [3.05, 3.63) is 36.2 Å². The van der Waals surface area contributed by atoms with Crippen LogP contribution in [-0.2, 0) is 6.54 Å². The molecule has 0 aliphatic heterocycles. The maximum atomic E-state index is 9.58. The molecule has 7 heteroatoms. The minimum Gasteiger partial charge on any atom is -0.365 e. The van der Waals surface area contributed by atoms with Crippen LogP contribution in [0.5, 0.6) is 0 Å². The molecule has 33 heavy (non-hydrogen) atoms. The quantitative estimate of drug-likeness (QED) is 0.447. The van der Waals surface area contributed by atoms with Gasteiger partial charge in [0.2, 0.25) is 5.82 Å². The van der Waals surface area contributed by atoms with Gasteiger partial charge in [-0.2, -0.15) is 15.2 Å². The summed E-state index contributed by atoms with van der Waals surface area (Å²) in [6.07, 6.45) is 8.87. The molecule has 1 N–H and O–H groups in total. The zero-order chi connectivity index (χ0) is 22.8. The van der Waals surface area contributed by atoms with E-state index in [2.05, 4.69) is 64.0 Å². The molecule has 0 saturated heterocycles. The second-order valence-electron chi connectivity index (χ2n) is 9.85. The summed E-state index contributed by atoms with van der Waals surface area (Å²) in [6.45, 7) is 5.51. The molecular weight excluding hydrogens is 428 g/mol. The van der Waals surface area contributed by atoms with Gasteiger partial charge in [0, 0.05) is 17.5 Å². The van der Waals surface area contributed by atoms with Crippen LogP contribution < -0.4 is 5.32 Å². The third-order valence-corrected chi connectivity index (χ3v) is 8.42. The van der Waals surface area contributed by atoms with Crippen molar-refractivity contribution >= 4 is 28.7 Å². The van der Waals surface area contributed by atoms with Gasteiger partial charge in [-0.3, -0.25) is 0 Å². The first-order valence-corrected chi connectivity index (χ1v) is 13.1. The van der Waals surface area contributed by atoms with Crippen LogP contribution in [0.1, 0.15) is 64.6 Å². The monoisotopic (exact) mass is 460 g/mol. The summed E-state index contributed by atoms with van der Waals surface area (Å²) in [5.41, 5.74) is 1.56. The van der Waals surface area contributed by atoms with E-state index in [1.165, 1.54) is 44.9 Å². The minimum absolute atomic E-state index is 0.179. The summed E-state index contributed by atoms with van der Waals surface area (Å²) >= 11 is 1.67. The maximum absolute atomic E-state index is 9.58. The molecule has 2 aliphatic rings. The van der Waals surface area contributed by atoms with E-state index in [1.54, 1.807) is 11.8 Å². The van der Waals surface area contributed by atoms with E-state index in [0.29, 0.717) is 23.5 Å². The molecule has 3 aromatic rings. The van der Waals surface area contributed by atoms with Gasteiger partial charge in [0.25, 0.3) is 0 Å². The molecule has 2 aliphatic carbocycles. The van der Waals surface area contributed by atoms with Crippen LogP contribution in [0.25, 0.3) is 11.2 Å². The van der Waals surface area contributed by atoms with Crippen molar-refractivity contribution in [1.29, 1.82) is 5.26 Å². The Labute approximate surface area is 200 Å². The number of anilines is 1. The molecule has 2 fully saturated rings. The minimum atomic E-state index is 0.179. The highest BCUT2D eigenvalue weighted by Gasteiger charge is 2.28. The fraction of sp³-hybridized carbons (Fsp3) is 0.538. The summed E-state index contributed by atoms with van der Waals surface area (Å²) in [6, 6.07) is 12.8. The highest BCUT2D eigenvalue weighted by atomic mass is 32.2. The first-order chi connectivity index (χ1) is 16.1. The van der Waals surface area contributed by atoms with Crippen LogP contribution >= 0.6 is 11.8 Å². The molecule has 2 heterocycles. The Morgan fingerprint density at radius 3 is 2.52 bits per heavy atom. The van der Waals surface area contributed by atoms with Gasteiger partial charge in [0.05, 0.1) is 0 Å². The molecule has 0 radical (unpaired) electrons. The first-order valence-electron chi connectivity index (χ1n) is 12.3. The molecule has 6 nitrogen and oxygen atoms in total. The molecule has 0 bridgehead atoms. The number of nitriles is 1. The standard InChI is InChI=1S/C26H32N6S/c1-17-11-13-19(14-12-17)16-32-23-24(28-18(2)20-7-6-8-20)29-22(15-27)30-25(23)31-26(32)33-21-9-4-3-5-10-21/h3-5,9-10,17-20H,6-8,11-14,16H2,1-2H3,(H,28,29,30)/t17?,18-,19?/m1/s1. The SMILES string of the molecule is CC1CCC(Cn2c(Sc3ccccc3)nc3nc(C#N)nc(N[C@H](C)C4CCC4)c32)CC1. The number of hydrogen-bond acceptors (Lipinski definition) is 6. The van der Waals surface area contributed by atoms with Gasteiger partial charge in [-0.25, -0.2) is 4.98 Å². The lowest BCUT2D eigenvalue weighted by Gasteiger charge is -2.32. The van der Waals surface area contributed by atoms with Crippen molar-refractivity contribution in [1.82, 2.24) is 19.5 Å². The summed E-state index contributed by atoms with van der Waals surface area (Å²) in [4.78, 5) is 15.2. The Bertz CT molecular complexity index is 1140. The van der Waals surface area contributed by atoms with Gasteiger partial charge in [-0.15, -0.1) is 0 Å². The largest absolute Gasteiger partial charge is 0.365 e. The van der Waals surface area contributed by atoms with Crippen molar-refractivity contribution in [2.75, 3.05) is 5.32 Å². The normalized spacial score (nSPS) is 22.0. The third kappa shape index (κ3) is 4.86. The molecule has 1 aromatic carbocycles. The van der Waals surface area contributed by atoms with Crippen molar-refractivity contribution in [2.24, 2.45) is 17.8 Å². The van der Waals surface area contributed by atoms with Crippen molar-refractivity contribution in [3.8, 4) is 6.07 Å². The summed E-state index contributed by atoms with van der Waals surface area (Å²) < 4.78 is 2.32. The lowest BCUT2D eigenvalue weighted by molar-refractivity contribution is 0.262. The lowest BCUT2D eigenvalue weighted by atomic mass is 9.80. The van der Waals surface area contributed by atoms with Gasteiger partial charge in [0.15, 0.2) is 16.6 Å². The van der Waals surface area contributed by atoms with E-state index in [4.69, 9.17) is 4.98 Å². The lowest BCUT2D eigenvalue weighted by Crippen LogP contribution is -2.31. The smallest absolute Gasteiger partial charge is 0.236 e. The Balaban J connectivity index is 1.56. The van der Waals surface area contributed by atoms with Crippen LogP contribution in [0.4, 0.5) is 5.82 Å². The van der Waals surface area contributed by atoms with Gasteiger partial charge in [-0.05, 0) is 62.5 Å². The van der Waals surface area contributed by atoms with Crippen molar-refractivity contribution in [2.45, 2.75) is 81.4 Å². The van der Waals surface area contributed by atoms with E-state index in [-0.39, 0.29) is 5.82 Å². The maximum Gasteiger partial charge on any atom is 0.236 e. The van der Waals surface area contributed by atoms with Gasteiger partial charge >= 0.3 is 0 Å². The van der Waals surface area contributed by atoms with Crippen LogP contribution in [0.2, 0.25) is 0 Å². The van der Waals surface area contributed by atoms with Crippen LogP contribution in [0, 0.1) is 29.1 Å². The Morgan fingerprint density at radius 1 is 1.09 bits per heavy atom. The molecule has 172 valence electrons.